The molecule has 1 aromatic carbocycles. The fourth-order valence-electron chi connectivity index (χ4n) is 3.53. The number of rotatable bonds is 8. The summed E-state index contributed by atoms with van der Waals surface area (Å²) in [5.74, 6) is -0.456. The summed E-state index contributed by atoms with van der Waals surface area (Å²) in [4.78, 5) is 25.6. The number of anilines is 1. The smallest absolute Gasteiger partial charge is 0.229 e. The van der Waals surface area contributed by atoms with E-state index < -0.39 is 11.8 Å². The second-order valence-corrected chi connectivity index (χ2v) is 7.16. The molecule has 0 aliphatic carbocycles. The largest absolute Gasteiger partial charge is 0.369 e. The van der Waals surface area contributed by atoms with Crippen LogP contribution in [0, 0.1) is 0 Å². The highest BCUT2D eigenvalue weighted by Gasteiger charge is 2.24. The number of primary amides is 1. The highest BCUT2D eigenvalue weighted by Crippen LogP contribution is 2.31. The molecule has 0 saturated heterocycles. The van der Waals surface area contributed by atoms with E-state index >= 15 is 0 Å². The van der Waals surface area contributed by atoms with Gasteiger partial charge in [-0.05, 0) is 35.7 Å². The first-order chi connectivity index (χ1) is 15.2. The van der Waals surface area contributed by atoms with Gasteiger partial charge in [-0.3, -0.25) is 14.8 Å². The van der Waals surface area contributed by atoms with Gasteiger partial charge in [0.25, 0.3) is 0 Å². The van der Waals surface area contributed by atoms with Gasteiger partial charge in [-0.15, -0.1) is 0 Å². The Balaban J connectivity index is 1.69. The molecule has 0 aliphatic heterocycles. The van der Waals surface area contributed by atoms with E-state index in [1.165, 1.54) is 0 Å². The quantitative estimate of drug-likeness (QED) is 0.462. The first-order valence-electron chi connectivity index (χ1n) is 10.1. The maximum absolute atomic E-state index is 12.4. The Labute approximate surface area is 181 Å². The molecule has 3 N–H and O–H groups in total. The molecule has 6 heteroatoms. The van der Waals surface area contributed by atoms with Crippen molar-refractivity contribution in [2.24, 2.45) is 5.73 Å². The minimum absolute atomic E-state index is 0.447. The van der Waals surface area contributed by atoms with Gasteiger partial charge in [0.1, 0.15) is 5.82 Å². The van der Waals surface area contributed by atoms with Crippen LogP contribution >= 0.6 is 0 Å². The summed E-state index contributed by atoms with van der Waals surface area (Å²) in [7, 11) is 0. The second kappa shape index (κ2) is 9.63. The fraction of sp³-hybridized carbons (Fsp3) is 0.120. The van der Waals surface area contributed by atoms with Crippen LogP contribution in [-0.2, 0) is 11.2 Å². The highest BCUT2D eigenvalue weighted by atomic mass is 16.1. The molecule has 3 heterocycles. The van der Waals surface area contributed by atoms with Crippen LogP contribution in [0.5, 0.6) is 0 Å². The van der Waals surface area contributed by atoms with E-state index in [0.717, 1.165) is 34.4 Å². The maximum atomic E-state index is 12.4. The second-order valence-electron chi connectivity index (χ2n) is 7.16. The third-order valence-electron chi connectivity index (χ3n) is 5.04. The fourth-order valence-corrected chi connectivity index (χ4v) is 3.53. The predicted octanol–water partition coefficient (Wildman–Crippen LogP) is 3.81. The molecule has 1 amide bonds. The molecule has 1 unspecified atom stereocenters. The first kappa shape index (κ1) is 20.2. The van der Waals surface area contributed by atoms with Gasteiger partial charge in [0, 0.05) is 42.5 Å². The Morgan fingerprint density at radius 1 is 0.903 bits per heavy atom. The molecule has 0 bridgehead atoms. The maximum Gasteiger partial charge on any atom is 0.229 e. The van der Waals surface area contributed by atoms with Crippen LogP contribution in [0.15, 0.2) is 91.5 Å². The Hall–Kier alpha value is -4.06. The molecule has 4 rings (SSSR count). The molecule has 0 radical (unpaired) electrons. The van der Waals surface area contributed by atoms with E-state index in [4.69, 9.17) is 10.7 Å². The zero-order valence-corrected chi connectivity index (χ0v) is 17.0. The zero-order chi connectivity index (χ0) is 21.5. The number of carbonyl (C=O) groups is 1. The van der Waals surface area contributed by atoms with Gasteiger partial charge in [0.2, 0.25) is 5.91 Å². The minimum atomic E-state index is -0.646. The number of nitrogens with one attached hydrogen (secondary N) is 1. The highest BCUT2D eigenvalue weighted by molar-refractivity contribution is 5.87. The molecule has 0 aliphatic rings. The number of aromatic nitrogens is 3. The van der Waals surface area contributed by atoms with Crippen molar-refractivity contribution < 1.29 is 4.79 Å². The van der Waals surface area contributed by atoms with E-state index in [2.05, 4.69) is 15.3 Å². The summed E-state index contributed by atoms with van der Waals surface area (Å²) in [5.41, 5.74) is 10.2. The Morgan fingerprint density at radius 2 is 1.68 bits per heavy atom. The van der Waals surface area contributed by atoms with Crippen molar-refractivity contribution in [3.63, 3.8) is 0 Å². The summed E-state index contributed by atoms with van der Waals surface area (Å²) in [6.07, 6.45) is 7.72. The Kier molecular flexibility index (Phi) is 6.28. The van der Waals surface area contributed by atoms with Crippen LogP contribution in [-0.4, -0.2) is 27.4 Å². The molecule has 154 valence electrons. The predicted molar refractivity (Wildman–Crippen MR) is 121 cm³/mol. The van der Waals surface area contributed by atoms with Gasteiger partial charge in [-0.1, -0.05) is 48.5 Å². The number of hydrogen-bond donors (Lipinski definition) is 2. The first-order valence-corrected chi connectivity index (χ1v) is 10.1. The lowest BCUT2D eigenvalue weighted by Gasteiger charge is -2.19. The van der Waals surface area contributed by atoms with Crippen molar-refractivity contribution in [3.8, 4) is 11.3 Å². The zero-order valence-electron chi connectivity index (χ0n) is 17.0. The number of amides is 1. The molecular formula is C25H23N5O. The van der Waals surface area contributed by atoms with Gasteiger partial charge in [0.05, 0.1) is 11.6 Å². The Bertz CT molecular complexity index is 1130. The lowest BCUT2D eigenvalue weighted by atomic mass is 9.91. The number of carbonyl (C=O) groups excluding carboxylic acids is 1. The minimum Gasteiger partial charge on any atom is -0.369 e. The van der Waals surface area contributed by atoms with Gasteiger partial charge in [-0.2, -0.15) is 0 Å². The summed E-state index contributed by atoms with van der Waals surface area (Å²) in [5, 5.41) is 3.41. The lowest BCUT2D eigenvalue weighted by molar-refractivity contribution is -0.118. The van der Waals surface area contributed by atoms with E-state index in [-0.39, 0.29) is 0 Å². The SMILES string of the molecule is NC(=O)C(c1cccnc1)c1ccc(-c2ccccc2)nc1NCCc1cccnc1. The molecule has 6 nitrogen and oxygen atoms in total. The number of nitrogens with zero attached hydrogens (tertiary/aromatic N) is 3. The molecule has 4 aromatic rings. The third-order valence-corrected chi connectivity index (χ3v) is 5.04. The standard InChI is InChI=1S/C25H23N5O/c26-24(31)23(20-9-5-14-28-17-20)21-10-11-22(19-7-2-1-3-8-19)30-25(21)29-15-12-18-6-4-13-27-16-18/h1-11,13-14,16-17,23H,12,15H2,(H2,26,31)(H,29,30). The molecule has 31 heavy (non-hydrogen) atoms. The third kappa shape index (κ3) is 4.93. The van der Waals surface area contributed by atoms with Crippen LogP contribution in [0.25, 0.3) is 11.3 Å². The molecule has 0 fully saturated rings. The topological polar surface area (TPSA) is 93.8 Å². The normalized spacial score (nSPS) is 11.6. The van der Waals surface area contributed by atoms with Gasteiger partial charge < -0.3 is 11.1 Å². The van der Waals surface area contributed by atoms with Crippen LogP contribution in [0.4, 0.5) is 5.82 Å². The average molecular weight is 409 g/mol. The van der Waals surface area contributed by atoms with Gasteiger partial charge in [-0.25, -0.2) is 4.98 Å². The van der Waals surface area contributed by atoms with Crippen molar-refractivity contribution in [2.45, 2.75) is 12.3 Å². The summed E-state index contributed by atoms with van der Waals surface area (Å²) in [6, 6.07) is 21.4. The monoisotopic (exact) mass is 409 g/mol. The van der Waals surface area contributed by atoms with E-state index in [0.29, 0.717) is 12.4 Å². The van der Waals surface area contributed by atoms with Crippen LogP contribution in [0.2, 0.25) is 0 Å². The number of pyridine rings is 3. The molecule has 0 spiro atoms. The Morgan fingerprint density at radius 3 is 2.35 bits per heavy atom. The summed E-state index contributed by atoms with van der Waals surface area (Å²) >= 11 is 0. The molecule has 0 saturated carbocycles. The van der Waals surface area contributed by atoms with Crippen LogP contribution in [0.3, 0.4) is 0 Å². The van der Waals surface area contributed by atoms with Crippen molar-refractivity contribution in [1.29, 1.82) is 0 Å². The number of hydrogen-bond acceptors (Lipinski definition) is 5. The lowest BCUT2D eigenvalue weighted by Crippen LogP contribution is -2.24. The van der Waals surface area contributed by atoms with E-state index in [1.54, 1.807) is 24.7 Å². The van der Waals surface area contributed by atoms with Gasteiger partial charge >= 0.3 is 0 Å². The van der Waals surface area contributed by atoms with Crippen molar-refractivity contribution in [2.75, 3.05) is 11.9 Å². The summed E-state index contributed by atoms with van der Waals surface area (Å²) in [6.45, 7) is 0.641. The number of nitrogens with two attached hydrogens (primary N) is 1. The van der Waals surface area contributed by atoms with Crippen LogP contribution in [0.1, 0.15) is 22.6 Å². The van der Waals surface area contributed by atoms with Gasteiger partial charge in [0.15, 0.2) is 0 Å². The van der Waals surface area contributed by atoms with E-state index in [9.17, 15) is 4.79 Å². The molecule has 3 aromatic heterocycles. The van der Waals surface area contributed by atoms with Crippen molar-refractivity contribution in [3.05, 3.63) is 108 Å². The average Bonchev–Trinajstić information content (AvgIpc) is 2.82. The molecular weight excluding hydrogens is 386 g/mol. The number of benzene rings is 1. The summed E-state index contributed by atoms with van der Waals surface area (Å²) < 4.78 is 0. The van der Waals surface area contributed by atoms with Crippen molar-refractivity contribution in [1.82, 2.24) is 15.0 Å². The molecule has 1 atom stereocenters. The van der Waals surface area contributed by atoms with Crippen molar-refractivity contribution >= 4 is 11.7 Å². The van der Waals surface area contributed by atoms with Crippen LogP contribution < -0.4 is 11.1 Å². The van der Waals surface area contributed by atoms with E-state index in [1.807, 2.05) is 66.9 Å².